The Hall–Kier alpha value is -1.03. The third kappa shape index (κ3) is 2.15. The molecule has 2 N–H and O–H groups in total. The van der Waals surface area contributed by atoms with E-state index in [0.29, 0.717) is 11.9 Å². The number of nitrogens with zero attached hydrogens (tertiary/aromatic N) is 2. The van der Waals surface area contributed by atoms with Gasteiger partial charge in [0, 0.05) is 24.0 Å². The second kappa shape index (κ2) is 4.23. The number of rotatable bonds is 1. The van der Waals surface area contributed by atoms with E-state index in [1.54, 1.807) is 0 Å². The van der Waals surface area contributed by atoms with E-state index in [2.05, 4.69) is 39.1 Å². The van der Waals surface area contributed by atoms with Crippen molar-refractivity contribution in [1.82, 2.24) is 4.90 Å². The highest BCUT2D eigenvalue weighted by Gasteiger charge is 2.20. The fraction of sp³-hybridized carbons (Fsp3) is 0.364. The molecular formula is C11H14BrN3. The van der Waals surface area contributed by atoms with Crippen molar-refractivity contribution in [2.24, 2.45) is 10.7 Å². The number of hydrogen-bond donors (Lipinski definition) is 1. The number of likely N-dealkylation sites (N-methyl/N-ethyl adjacent to an activating group) is 1. The third-order valence-corrected chi connectivity index (χ3v) is 3.43. The van der Waals surface area contributed by atoms with E-state index in [9.17, 15) is 0 Å². The molecule has 2 rings (SSSR count). The van der Waals surface area contributed by atoms with Crippen molar-refractivity contribution in [3.63, 3.8) is 0 Å². The number of nitrogens with two attached hydrogens (primary N) is 1. The average Bonchev–Trinajstić information content (AvgIpc) is 2.23. The van der Waals surface area contributed by atoms with E-state index in [1.807, 2.05) is 18.0 Å². The molecule has 0 amide bonds. The largest absolute Gasteiger partial charge is 0.370 e. The van der Waals surface area contributed by atoms with Crippen LogP contribution in [0.15, 0.2) is 33.7 Å². The molecule has 1 aromatic rings. The van der Waals surface area contributed by atoms with E-state index in [4.69, 9.17) is 5.73 Å². The minimum Gasteiger partial charge on any atom is -0.370 e. The lowest BCUT2D eigenvalue weighted by Gasteiger charge is -2.29. The van der Waals surface area contributed by atoms with Crippen molar-refractivity contribution in [2.75, 3.05) is 20.1 Å². The Morgan fingerprint density at radius 3 is 2.87 bits per heavy atom. The Bertz CT molecular complexity index is 389. The van der Waals surface area contributed by atoms with Crippen molar-refractivity contribution in [3.05, 3.63) is 34.3 Å². The standard InChI is InChI=1S/C11H14BrN3/c1-15-7-8(6-14-11(15)13)9-4-2-3-5-10(9)12/h2-5,8H,6-7H2,1H3,(H2,13,14). The van der Waals surface area contributed by atoms with Gasteiger partial charge in [0.25, 0.3) is 0 Å². The van der Waals surface area contributed by atoms with Gasteiger partial charge in [-0.1, -0.05) is 34.1 Å². The van der Waals surface area contributed by atoms with Crippen LogP contribution in [0.5, 0.6) is 0 Å². The van der Waals surface area contributed by atoms with Crippen LogP contribution in [0.4, 0.5) is 0 Å². The minimum absolute atomic E-state index is 0.429. The van der Waals surface area contributed by atoms with Gasteiger partial charge in [0.2, 0.25) is 0 Å². The maximum absolute atomic E-state index is 5.72. The first-order chi connectivity index (χ1) is 7.18. The number of halogens is 1. The van der Waals surface area contributed by atoms with Crippen LogP contribution >= 0.6 is 15.9 Å². The van der Waals surface area contributed by atoms with Gasteiger partial charge in [0.05, 0.1) is 6.54 Å². The first kappa shape index (κ1) is 10.5. The van der Waals surface area contributed by atoms with Gasteiger partial charge in [-0.05, 0) is 11.6 Å². The molecule has 0 fully saturated rings. The summed E-state index contributed by atoms with van der Waals surface area (Å²) in [4.78, 5) is 6.30. The molecule has 1 atom stereocenters. The number of hydrogen-bond acceptors (Lipinski definition) is 3. The normalized spacial score (nSPS) is 21.3. The molecule has 0 saturated heterocycles. The quantitative estimate of drug-likeness (QED) is 0.843. The van der Waals surface area contributed by atoms with Crippen molar-refractivity contribution in [1.29, 1.82) is 0 Å². The summed E-state index contributed by atoms with van der Waals surface area (Å²) in [5.74, 6) is 1.07. The lowest BCUT2D eigenvalue weighted by molar-refractivity contribution is 0.421. The van der Waals surface area contributed by atoms with E-state index >= 15 is 0 Å². The van der Waals surface area contributed by atoms with Gasteiger partial charge in [0.15, 0.2) is 5.96 Å². The summed E-state index contributed by atoms with van der Waals surface area (Å²) in [7, 11) is 1.97. The molecular weight excluding hydrogens is 254 g/mol. The topological polar surface area (TPSA) is 41.6 Å². The van der Waals surface area contributed by atoms with Crippen LogP contribution < -0.4 is 5.73 Å². The van der Waals surface area contributed by atoms with Crippen LogP contribution in [0.3, 0.4) is 0 Å². The third-order valence-electron chi connectivity index (χ3n) is 2.70. The predicted octanol–water partition coefficient (Wildman–Crippen LogP) is 1.79. The molecule has 1 unspecified atom stereocenters. The molecule has 0 aliphatic carbocycles. The maximum Gasteiger partial charge on any atom is 0.191 e. The number of aliphatic imine (C=N–C) groups is 1. The number of benzene rings is 1. The summed E-state index contributed by atoms with van der Waals surface area (Å²) in [6.45, 7) is 1.71. The van der Waals surface area contributed by atoms with Crippen LogP contribution in [0.2, 0.25) is 0 Å². The molecule has 0 radical (unpaired) electrons. The average molecular weight is 268 g/mol. The summed E-state index contributed by atoms with van der Waals surface area (Å²) in [6.07, 6.45) is 0. The molecule has 0 spiro atoms. The van der Waals surface area contributed by atoms with Crippen LogP contribution in [-0.4, -0.2) is 31.0 Å². The van der Waals surface area contributed by atoms with E-state index < -0.39 is 0 Å². The Balaban J connectivity index is 2.24. The maximum atomic E-state index is 5.72. The first-order valence-electron chi connectivity index (χ1n) is 4.94. The Labute approximate surface area is 98.1 Å². The van der Waals surface area contributed by atoms with Crippen LogP contribution in [-0.2, 0) is 0 Å². The second-order valence-electron chi connectivity index (χ2n) is 3.80. The molecule has 1 heterocycles. The van der Waals surface area contributed by atoms with Crippen molar-refractivity contribution >= 4 is 21.9 Å². The predicted molar refractivity (Wildman–Crippen MR) is 66.0 cm³/mol. The van der Waals surface area contributed by atoms with Crippen LogP contribution in [0.25, 0.3) is 0 Å². The molecule has 1 aliphatic rings. The lowest BCUT2D eigenvalue weighted by Crippen LogP contribution is -2.41. The van der Waals surface area contributed by atoms with E-state index in [-0.39, 0.29) is 0 Å². The minimum atomic E-state index is 0.429. The summed E-state index contributed by atoms with van der Waals surface area (Å²) in [5, 5.41) is 0. The van der Waals surface area contributed by atoms with Crippen molar-refractivity contribution in [3.8, 4) is 0 Å². The zero-order valence-electron chi connectivity index (χ0n) is 8.65. The molecule has 1 aromatic carbocycles. The van der Waals surface area contributed by atoms with E-state index in [0.717, 1.165) is 17.6 Å². The van der Waals surface area contributed by atoms with Crippen LogP contribution in [0, 0.1) is 0 Å². The van der Waals surface area contributed by atoms with E-state index in [1.165, 1.54) is 5.56 Å². The van der Waals surface area contributed by atoms with Gasteiger partial charge < -0.3 is 10.6 Å². The fourth-order valence-corrected chi connectivity index (χ4v) is 2.42. The van der Waals surface area contributed by atoms with Gasteiger partial charge in [0.1, 0.15) is 0 Å². The van der Waals surface area contributed by atoms with Gasteiger partial charge in [-0.2, -0.15) is 0 Å². The highest BCUT2D eigenvalue weighted by atomic mass is 79.9. The Kier molecular flexibility index (Phi) is 2.95. The van der Waals surface area contributed by atoms with Crippen LogP contribution in [0.1, 0.15) is 11.5 Å². The second-order valence-corrected chi connectivity index (χ2v) is 4.65. The molecule has 80 valence electrons. The molecule has 15 heavy (non-hydrogen) atoms. The first-order valence-corrected chi connectivity index (χ1v) is 5.73. The van der Waals surface area contributed by atoms with Gasteiger partial charge in [-0.3, -0.25) is 4.99 Å². The lowest BCUT2D eigenvalue weighted by atomic mass is 9.98. The summed E-state index contributed by atoms with van der Waals surface area (Å²) < 4.78 is 1.15. The zero-order valence-corrected chi connectivity index (χ0v) is 10.2. The highest BCUT2D eigenvalue weighted by molar-refractivity contribution is 9.10. The van der Waals surface area contributed by atoms with Crippen molar-refractivity contribution < 1.29 is 0 Å². The Morgan fingerprint density at radius 2 is 2.20 bits per heavy atom. The molecule has 0 bridgehead atoms. The summed E-state index contributed by atoms with van der Waals surface area (Å²) in [5.41, 5.74) is 7.03. The van der Waals surface area contributed by atoms with Gasteiger partial charge in [-0.25, -0.2) is 0 Å². The Morgan fingerprint density at radius 1 is 1.47 bits per heavy atom. The summed E-state index contributed by atoms with van der Waals surface area (Å²) >= 11 is 3.57. The zero-order chi connectivity index (χ0) is 10.8. The SMILES string of the molecule is CN1CC(c2ccccc2Br)CN=C1N. The molecule has 0 saturated carbocycles. The smallest absolute Gasteiger partial charge is 0.191 e. The molecule has 3 nitrogen and oxygen atoms in total. The molecule has 4 heteroatoms. The fourth-order valence-electron chi connectivity index (χ4n) is 1.81. The van der Waals surface area contributed by atoms with Gasteiger partial charge in [-0.15, -0.1) is 0 Å². The van der Waals surface area contributed by atoms with Crippen molar-refractivity contribution in [2.45, 2.75) is 5.92 Å². The monoisotopic (exact) mass is 267 g/mol. The molecule has 1 aliphatic heterocycles. The number of guanidine groups is 1. The summed E-state index contributed by atoms with van der Waals surface area (Å²) in [6, 6.07) is 8.29. The highest BCUT2D eigenvalue weighted by Crippen LogP contribution is 2.27. The molecule has 0 aromatic heterocycles. The van der Waals surface area contributed by atoms with Gasteiger partial charge >= 0.3 is 0 Å².